The lowest BCUT2D eigenvalue weighted by Gasteiger charge is -2.33. The molecule has 4 aromatic rings. The molecule has 6 heteroatoms. The second-order valence-corrected chi connectivity index (χ2v) is 8.60. The van der Waals surface area contributed by atoms with Crippen LogP contribution in [0.2, 0.25) is 0 Å². The van der Waals surface area contributed by atoms with E-state index in [0.717, 1.165) is 28.0 Å². The summed E-state index contributed by atoms with van der Waals surface area (Å²) in [5, 5.41) is 0. The van der Waals surface area contributed by atoms with Crippen molar-refractivity contribution in [3.8, 4) is 17.4 Å². The molecule has 0 saturated carbocycles. The van der Waals surface area contributed by atoms with E-state index >= 15 is 0 Å². The monoisotopic (exact) mass is 480 g/mol. The number of hydrogen-bond donors (Lipinski definition) is 0. The number of carbonyl (C=O) groups is 1. The topological polar surface area (TPSA) is 60.9 Å². The molecule has 0 spiro atoms. The van der Waals surface area contributed by atoms with Gasteiger partial charge in [0.15, 0.2) is 11.5 Å². The fourth-order valence-electron chi connectivity index (χ4n) is 4.43. The fraction of sp³-hybridized carbons (Fsp3) is 0.200. The summed E-state index contributed by atoms with van der Waals surface area (Å²) in [4.78, 5) is 19.9. The van der Waals surface area contributed by atoms with Gasteiger partial charge in [-0.2, -0.15) is 0 Å². The molecular formula is C30H28N2O4. The Kier molecular flexibility index (Phi) is 7.12. The molecule has 0 unspecified atom stereocenters. The minimum Gasteiger partial charge on any atom is -0.493 e. The van der Waals surface area contributed by atoms with Gasteiger partial charge >= 0.3 is 0 Å². The SMILES string of the molecule is COc1ccc2c(c1OCc1ccccc1)CCN(C(=O)[C@@H](Oc1ccccn1)c1ccccc1)C2. The highest BCUT2D eigenvalue weighted by molar-refractivity contribution is 5.83. The Morgan fingerprint density at radius 2 is 1.69 bits per heavy atom. The Morgan fingerprint density at radius 1 is 0.944 bits per heavy atom. The zero-order chi connectivity index (χ0) is 24.7. The van der Waals surface area contributed by atoms with E-state index in [0.29, 0.717) is 37.7 Å². The van der Waals surface area contributed by atoms with Crippen LogP contribution in [0.5, 0.6) is 17.4 Å². The smallest absolute Gasteiger partial charge is 0.268 e. The van der Waals surface area contributed by atoms with Crippen LogP contribution in [0, 0.1) is 0 Å². The van der Waals surface area contributed by atoms with Gasteiger partial charge in [0.1, 0.15) is 6.61 Å². The molecule has 6 nitrogen and oxygen atoms in total. The first-order chi connectivity index (χ1) is 17.7. The van der Waals surface area contributed by atoms with Crippen LogP contribution in [0.3, 0.4) is 0 Å². The molecule has 5 rings (SSSR count). The molecule has 1 aliphatic rings. The lowest BCUT2D eigenvalue weighted by molar-refractivity contribution is -0.140. The van der Waals surface area contributed by atoms with E-state index < -0.39 is 6.10 Å². The van der Waals surface area contributed by atoms with Gasteiger partial charge in [0.25, 0.3) is 5.91 Å². The van der Waals surface area contributed by atoms with Crippen LogP contribution in [0.4, 0.5) is 0 Å². The molecule has 1 aromatic heterocycles. The fourth-order valence-corrected chi connectivity index (χ4v) is 4.43. The third kappa shape index (κ3) is 5.18. The molecule has 182 valence electrons. The maximum atomic E-state index is 13.7. The molecule has 0 saturated heterocycles. The summed E-state index contributed by atoms with van der Waals surface area (Å²) in [5.74, 6) is 1.76. The summed E-state index contributed by atoms with van der Waals surface area (Å²) >= 11 is 0. The van der Waals surface area contributed by atoms with E-state index in [9.17, 15) is 4.79 Å². The maximum absolute atomic E-state index is 13.7. The second-order valence-electron chi connectivity index (χ2n) is 8.60. The van der Waals surface area contributed by atoms with E-state index in [1.807, 2.05) is 89.8 Å². The first-order valence-corrected chi connectivity index (χ1v) is 12.0. The van der Waals surface area contributed by atoms with Gasteiger partial charge in [0.05, 0.1) is 7.11 Å². The molecule has 1 aliphatic heterocycles. The quantitative estimate of drug-likeness (QED) is 0.339. The lowest BCUT2D eigenvalue weighted by atomic mass is 9.97. The van der Waals surface area contributed by atoms with Gasteiger partial charge in [-0.1, -0.05) is 72.8 Å². The first-order valence-electron chi connectivity index (χ1n) is 12.0. The van der Waals surface area contributed by atoms with Gasteiger partial charge in [0, 0.05) is 36.5 Å². The van der Waals surface area contributed by atoms with Crippen molar-refractivity contribution in [3.63, 3.8) is 0 Å². The van der Waals surface area contributed by atoms with E-state index in [-0.39, 0.29) is 5.91 Å². The van der Waals surface area contributed by atoms with Gasteiger partial charge in [-0.3, -0.25) is 4.79 Å². The summed E-state index contributed by atoms with van der Waals surface area (Å²) in [6.45, 7) is 1.47. The minimum absolute atomic E-state index is 0.0972. The number of benzene rings is 3. The number of rotatable bonds is 8. The van der Waals surface area contributed by atoms with E-state index in [2.05, 4.69) is 4.98 Å². The van der Waals surface area contributed by atoms with E-state index in [4.69, 9.17) is 14.2 Å². The molecule has 0 aliphatic carbocycles. The van der Waals surface area contributed by atoms with Gasteiger partial charge in [-0.15, -0.1) is 0 Å². The number of aromatic nitrogens is 1. The molecular weight excluding hydrogens is 452 g/mol. The number of fused-ring (bicyclic) bond motifs is 1. The van der Waals surface area contributed by atoms with Crippen LogP contribution >= 0.6 is 0 Å². The van der Waals surface area contributed by atoms with Crippen LogP contribution in [0.25, 0.3) is 0 Å². The summed E-state index contributed by atoms with van der Waals surface area (Å²) < 4.78 is 18.0. The van der Waals surface area contributed by atoms with Gasteiger partial charge < -0.3 is 19.1 Å². The predicted octanol–water partition coefficient (Wildman–Crippen LogP) is 5.37. The van der Waals surface area contributed by atoms with Crippen molar-refractivity contribution in [2.24, 2.45) is 0 Å². The number of ether oxygens (including phenoxy) is 3. The largest absolute Gasteiger partial charge is 0.493 e. The lowest BCUT2D eigenvalue weighted by Crippen LogP contribution is -2.40. The Labute approximate surface area is 211 Å². The highest BCUT2D eigenvalue weighted by Gasteiger charge is 2.32. The number of amides is 1. The number of nitrogens with zero attached hydrogens (tertiary/aromatic N) is 2. The van der Waals surface area contributed by atoms with Gasteiger partial charge in [0.2, 0.25) is 12.0 Å². The van der Waals surface area contributed by atoms with Crippen molar-refractivity contribution in [1.29, 1.82) is 0 Å². The summed E-state index contributed by atoms with van der Waals surface area (Å²) in [6, 6.07) is 28.9. The van der Waals surface area contributed by atoms with Crippen molar-refractivity contribution >= 4 is 5.91 Å². The Morgan fingerprint density at radius 3 is 2.42 bits per heavy atom. The number of hydrogen-bond acceptors (Lipinski definition) is 5. The third-order valence-corrected chi connectivity index (χ3v) is 6.27. The minimum atomic E-state index is -0.783. The highest BCUT2D eigenvalue weighted by atomic mass is 16.5. The van der Waals surface area contributed by atoms with E-state index in [1.165, 1.54) is 0 Å². The van der Waals surface area contributed by atoms with Crippen molar-refractivity contribution in [2.45, 2.75) is 25.7 Å². The average Bonchev–Trinajstić information content (AvgIpc) is 2.95. The van der Waals surface area contributed by atoms with Crippen LogP contribution in [-0.4, -0.2) is 29.4 Å². The van der Waals surface area contributed by atoms with Crippen LogP contribution in [0.1, 0.15) is 28.4 Å². The van der Waals surface area contributed by atoms with E-state index in [1.54, 1.807) is 19.4 Å². The molecule has 2 heterocycles. The standard InChI is InChI=1S/C30H28N2O4/c1-34-26-16-15-24-20-32(19-17-25(24)29(26)35-21-22-10-4-2-5-11-22)30(33)28(23-12-6-3-7-13-23)36-27-14-8-9-18-31-27/h2-16,18,28H,17,19-21H2,1H3/t28-/m0/s1. The molecule has 36 heavy (non-hydrogen) atoms. The van der Waals surface area contributed by atoms with Crippen LogP contribution in [-0.2, 0) is 24.4 Å². The van der Waals surface area contributed by atoms with Crippen LogP contribution in [0.15, 0.2) is 97.2 Å². The first kappa shape index (κ1) is 23.4. The normalized spacial score (nSPS) is 13.4. The molecule has 3 aromatic carbocycles. The number of pyridine rings is 1. The van der Waals surface area contributed by atoms with Crippen molar-refractivity contribution < 1.29 is 19.0 Å². The molecule has 0 bridgehead atoms. The number of carbonyl (C=O) groups excluding carboxylic acids is 1. The summed E-state index contributed by atoms with van der Waals surface area (Å²) in [7, 11) is 1.65. The zero-order valence-electron chi connectivity index (χ0n) is 20.2. The van der Waals surface area contributed by atoms with Crippen LogP contribution < -0.4 is 14.2 Å². The maximum Gasteiger partial charge on any atom is 0.268 e. The molecule has 0 fully saturated rings. The Bertz CT molecular complexity index is 1300. The van der Waals surface area contributed by atoms with Crippen molar-refractivity contribution in [2.75, 3.05) is 13.7 Å². The third-order valence-electron chi connectivity index (χ3n) is 6.27. The van der Waals surface area contributed by atoms with Gasteiger partial charge in [-0.25, -0.2) is 4.98 Å². The second kappa shape index (κ2) is 11.0. The Hall–Kier alpha value is -4.32. The Balaban J connectivity index is 1.38. The molecule has 1 atom stereocenters. The summed E-state index contributed by atoms with van der Waals surface area (Å²) in [5.41, 5.74) is 4.00. The average molecular weight is 481 g/mol. The zero-order valence-corrected chi connectivity index (χ0v) is 20.2. The summed E-state index contributed by atoms with van der Waals surface area (Å²) in [6.07, 6.45) is 1.53. The predicted molar refractivity (Wildman–Crippen MR) is 137 cm³/mol. The molecule has 0 radical (unpaired) electrons. The van der Waals surface area contributed by atoms with Gasteiger partial charge in [-0.05, 0) is 29.7 Å². The highest BCUT2D eigenvalue weighted by Crippen LogP contribution is 2.38. The molecule has 1 amide bonds. The number of methoxy groups -OCH3 is 1. The molecule has 0 N–H and O–H groups in total. The van der Waals surface area contributed by atoms with Crippen molar-refractivity contribution in [1.82, 2.24) is 9.88 Å². The van der Waals surface area contributed by atoms with Crippen molar-refractivity contribution in [3.05, 3.63) is 119 Å².